The van der Waals surface area contributed by atoms with Gasteiger partial charge in [-0.3, -0.25) is 4.79 Å². The average Bonchev–Trinajstić information content (AvgIpc) is 3.17. The molecule has 7 heteroatoms. The molecule has 2 heterocycles. The van der Waals surface area contributed by atoms with Crippen molar-refractivity contribution in [2.75, 3.05) is 13.1 Å². The number of halogens is 2. The zero-order valence-electron chi connectivity index (χ0n) is 20.0. The van der Waals surface area contributed by atoms with E-state index < -0.39 is 6.29 Å². The van der Waals surface area contributed by atoms with Gasteiger partial charge in [-0.25, -0.2) is 0 Å². The highest BCUT2D eigenvalue weighted by Gasteiger charge is 2.43. The van der Waals surface area contributed by atoms with Crippen molar-refractivity contribution < 1.29 is 23.0 Å². The minimum absolute atomic E-state index is 0.00670. The van der Waals surface area contributed by atoms with Crippen molar-refractivity contribution in [1.29, 1.82) is 0 Å². The van der Waals surface area contributed by atoms with Gasteiger partial charge < -0.3 is 19.7 Å². The second-order valence-corrected chi connectivity index (χ2v) is 9.89. The zero-order chi connectivity index (χ0) is 24.4. The first-order valence-electron chi connectivity index (χ1n) is 12.5. The van der Waals surface area contributed by atoms with Crippen LogP contribution in [0.1, 0.15) is 61.1 Å². The quantitative estimate of drug-likeness (QED) is 0.561. The number of carbonyl (C=O) groups excluding carboxylic acids is 1. The van der Waals surface area contributed by atoms with Gasteiger partial charge in [0.15, 0.2) is 11.5 Å². The Labute approximate surface area is 205 Å². The van der Waals surface area contributed by atoms with Crippen molar-refractivity contribution in [3.8, 4) is 11.5 Å². The molecule has 2 fully saturated rings. The van der Waals surface area contributed by atoms with Crippen molar-refractivity contribution in [2.24, 2.45) is 0 Å². The number of nitrogens with zero attached hydrogens (tertiary/aromatic N) is 1. The second kappa shape index (κ2) is 9.97. The molecule has 1 N–H and O–H groups in total. The fourth-order valence-electron chi connectivity index (χ4n) is 5.70. The molecule has 2 aromatic carbocycles. The van der Waals surface area contributed by atoms with Gasteiger partial charge >= 0.3 is 6.29 Å². The molecule has 1 saturated heterocycles. The van der Waals surface area contributed by atoms with E-state index in [-0.39, 0.29) is 23.4 Å². The highest BCUT2D eigenvalue weighted by atomic mass is 19.3. The van der Waals surface area contributed by atoms with Gasteiger partial charge in [0.25, 0.3) is 0 Å². The van der Waals surface area contributed by atoms with E-state index in [2.05, 4.69) is 50.9 Å². The number of alkyl halides is 2. The van der Waals surface area contributed by atoms with E-state index >= 15 is 0 Å². The lowest BCUT2D eigenvalue weighted by Crippen LogP contribution is -2.46. The summed E-state index contributed by atoms with van der Waals surface area (Å²) in [6.07, 6.45) is 5.96. The Morgan fingerprint density at radius 1 is 1.00 bits per heavy atom. The largest absolute Gasteiger partial charge is 0.586 e. The Morgan fingerprint density at radius 2 is 1.71 bits per heavy atom. The lowest BCUT2D eigenvalue weighted by molar-refractivity contribution is -0.286. The van der Waals surface area contributed by atoms with Crippen LogP contribution in [0.5, 0.6) is 11.5 Å². The molecule has 0 unspecified atom stereocenters. The first-order valence-corrected chi connectivity index (χ1v) is 12.5. The summed E-state index contributed by atoms with van der Waals surface area (Å²) in [6, 6.07) is 14.0. The van der Waals surface area contributed by atoms with Gasteiger partial charge in [-0.15, -0.1) is 8.78 Å². The third-order valence-electron chi connectivity index (χ3n) is 7.57. The first-order chi connectivity index (χ1) is 16.9. The van der Waals surface area contributed by atoms with Gasteiger partial charge in [-0.1, -0.05) is 30.3 Å². The topological polar surface area (TPSA) is 50.8 Å². The lowest BCUT2D eigenvalue weighted by Gasteiger charge is -2.41. The third kappa shape index (κ3) is 5.67. The Bertz CT molecular complexity index is 1090. The number of nitrogens with one attached hydrogen (secondary N) is 1. The Morgan fingerprint density at radius 3 is 2.46 bits per heavy atom. The standard InChI is InChI=1S/C28H32F2N2O3/c1-19-4-2-3-5-24(19)21-14-16-32(17-15-21)23-10-8-22(9-11-23)31-27(33)13-7-20-6-12-25-26(18-20)35-28(29,30)34-25/h2-7,12-13,18,21-23H,8-11,14-17H2,1H3,(H,31,33)/b13-7+. The molecular formula is C28H32F2N2O3. The number of piperidine rings is 1. The van der Waals surface area contributed by atoms with Crippen LogP contribution in [0.15, 0.2) is 48.5 Å². The molecule has 2 aliphatic heterocycles. The maximum atomic E-state index is 13.2. The van der Waals surface area contributed by atoms with E-state index in [4.69, 9.17) is 0 Å². The minimum Gasteiger partial charge on any atom is -0.395 e. The van der Waals surface area contributed by atoms with Crippen LogP contribution in [0, 0.1) is 6.92 Å². The van der Waals surface area contributed by atoms with Crippen LogP contribution in [0.2, 0.25) is 0 Å². The molecule has 3 aliphatic rings. The van der Waals surface area contributed by atoms with E-state index in [1.54, 1.807) is 12.1 Å². The molecule has 1 saturated carbocycles. The summed E-state index contributed by atoms with van der Waals surface area (Å²) in [5.41, 5.74) is 3.50. The van der Waals surface area contributed by atoms with Gasteiger partial charge in [0.1, 0.15) is 0 Å². The SMILES string of the molecule is Cc1ccccc1C1CCN(C2CCC(NC(=O)/C=C/c3ccc4c(c3)OC(F)(F)O4)CC2)CC1. The maximum Gasteiger partial charge on any atom is 0.586 e. The Hall–Kier alpha value is -2.93. The van der Waals surface area contributed by atoms with Crippen LogP contribution in [0.25, 0.3) is 6.08 Å². The van der Waals surface area contributed by atoms with Crippen molar-refractivity contribution in [2.45, 2.75) is 69.7 Å². The molecule has 0 radical (unpaired) electrons. The van der Waals surface area contributed by atoms with E-state index in [0.717, 1.165) is 38.8 Å². The smallest absolute Gasteiger partial charge is 0.395 e. The highest BCUT2D eigenvalue weighted by Crippen LogP contribution is 2.41. The summed E-state index contributed by atoms with van der Waals surface area (Å²) in [5, 5.41) is 3.09. The number of rotatable bonds is 5. The molecule has 0 spiro atoms. The molecule has 2 aromatic rings. The van der Waals surface area contributed by atoms with Crippen LogP contribution in [0.3, 0.4) is 0 Å². The van der Waals surface area contributed by atoms with Gasteiger partial charge in [0.2, 0.25) is 5.91 Å². The van der Waals surface area contributed by atoms with Gasteiger partial charge in [0, 0.05) is 18.2 Å². The number of benzene rings is 2. The Balaban J connectivity index is 1.06. The van der Waals surface area contributed by atoms with Crippen LogP contribution in [0.4, 0.5) is 8.78 Å². The van der Waals surface area contributed by atoms with Crippen LogP contribution in [-0.2, 0) is 4.79 Å². The van der Waals surface area contributed by atoms with Crippen molar-refractivity contribution in [1.82, 2.24) is 10.2 Å². The van der Waals surface area contributed by atoms with Gasteiger partial charge in [0.05, 0.1) is 0 Å². The molecule has 1 amide bonds. The fourth-order valence-corrected chi connectivity index (χ4v) is 5.70. The normalized spacial score (nSPS) is 24.5. The van der Waals surface area contributed by atoms with Crippen LogP contribution in [-0.4, -0.2) is 42.3 Å². The molecule has 0 atom stereocenters. The van der Waals surface area contributed by atoms with Gasteiger partial charge in [-0.2, -0.15) is 0 Å². The van der Waals surface area contributed by atoms with E-state index in [9.17, 15) is 13.6 Å². The van der Waals surface area contributed by atoms with Crippen molar-refractivity contribution in [3.05, 3.63) is 65.2 Å². The third-order valence-corrected chi connectivity index (χ3v) is 7.57. The molecule has 5 rings (SSSR count). The summed E-state index contributed by atoms with van der Waals surface area (Å²) in [5.74, 6) is 0.457. The van der Waals surface area contributed by atoms with E-state index in [1.165, 1.54) is 42.2 Å². The predicted octanol–water partition coefficient (Wildman–Crippen LogP) is 5.64. The molecule has 186 valence electrons. The number of amides is 1. The molecule has 0 aromatic heterocycles. The summed E-state index contributed by atoms with van der Waals surface area (Å²) in [7, 11) is 0. The summed E-state index contributed by atoms with van der Waals surface area (Å²) >= 11 is 0. The number of hydrogen-bond donors (Lipinski definition) is 1. The summed E-state index contributed by atoms with van der Waals surface area (Å²) < 4.78 is 35.2. The number of hydrogen-bond acceptors (Lipinski definition) is 4. The first kappa shape index (κ1) is 23.8. The lowest BCUT2D eigenvalue weighted by atomic mass is 9.84. The van der Waals surface area contributed by atoms with E-state index in [0.29, 0.717) is 17.5 Å². The molecule has 1 aliphatic carbocycles. The maximum absolute atomic E-state index is 13.2. The monoisotopic (exact) mass is 482 g/mol. The predicted molar refractivity (Wildman–Crippen MR) is 131 cm³/mol. The van der Waals surface area contributed by atoms with Crippen LogP contribution >= 0.6 is 0 Å². The molecule has 0 bridgehead atoms. The highest BCUT2D eigenvalue weighted by molar-refractivity contribution is 5.92. The molecular weight excluding hydrogens is 450 g/mol. The number of fused-ring (bicyclic) bond motifs is 1. The zero-order valence-corrected chi connectivity index (χ0v) is 20.0. The average molecular weight is 483 g/mol. The van der Waals surface area contributed by atoms with Crippen molar-refractivity contribution in [3.63, 3.8) is 0 Å². The summed E-state index contributed by atoms with van der Waals surface area (Å²) in [4.78, 5) is 15.1. The number of ether oxygens (including phenoxy) is 2. The molecule has 35 heavy (non-hydrogen) atoms. The number of aryl methyl sites for hydroxylation is 1. The Kier molecular flexibility index (Phi) is 6.78. The number of likely N-dealkylation sites (tertiary alicyclic amines) is 1. The minimum atomic E-state index is -3.64. The second-order valence-electron chi connectivity index (χ2n) is 9.89. The van der Waals surface area contributed by atoms with Crippen LogP contribution < -0.4 is 14.8 Å². The van der Waals surface area contributed by atoms with E-state index in [1.807, 2.05) is 0 Å². The van der Waals surface area contributed by atoms with Gasteiger partial charge in [-0.05, 0) is 99.4 Å². The van der Waals surface area contributed by atoms with Crippen molar-refractivity contribution >= 4 is 12.0 Å². The number of carbonyl (C=O) groups is 1. The fraction of sp³-hybridized carbons (Fsp3) is 0.464. The molecule has 5 nitrogen and oxygen atoms in total. The summed E-state index contributed by atoms with van der Waals surface area (Å²) in [6.45, 7) is 4.50.